The first kappa shape index (κ1) is 36.0. The van der Waals surface area contributed by atoms with Crippen LogP contribution in [0.4, 0.5) is 0 Å². The number of nitrogens with zero attached hydrogens (tertiary/aromatic N) is 1. The molecular formula is C27H54NO8P. The molecule has 9 nitrogen and oxygen atoms in total. The first-order chi connectivity index (χ1) is 17.5. The molecule has 0 aliphatic heterocycles. The Morgan fingerprint density at radius 2 is 1.22 bits per heavy atom. The van der Waals surface area contributed by atoms with Gasteiger partial charge in [0, 0.05) is 12.8 Å². The molecule has 0 radical (unpaired) electrons. The van der Waals surface area contributed by atoms with E-state index in [9.17, 15) is 19.0 Å². The number of phosphoric ester groups is 1. The minimum atomic E-state index is -4.58. The van der Waals surface area contributed by atoms with Gasteiger partial charge in [-0.25, -0.2) is 0 Å². The van der Waals surface area contributed by atoms with Gasteiger partial charge in [0.1, 0.15) is 19.8 Å². The van der Waals surface area contributed by atoms with Gasteiger partial charge in [0.25, 0.3) is 7.82 Å². The van der Waals surface area contributed by atoms with E-state index in [-0.39, 0.29) is 26.1 Å². The highest BCUT2D eigenvalue weighted by molar-refractivity contribution is 7.45. The summed E-state index contributed by atoms with van der Waals surface area (Å²) < 4.78 is 33.1. The second kappa shape index (κ2) is 21.9. The van der Waals surface area contributed by atoms with Gasteiger partial charge in [0.15, 0.2) is 6.10 Å². The summed E-state index contributed by atoms with van der Waals surface area (Å²) in [4.78, 5) is 36.4. The molecule has 0 rings (SSSR count). The highest BCUT2D eigenvalue weighted by Gasteiger charge is 2.21. The van der Waals surface area contributed by atoms with Crippen LogP contribution in [0.2, 0.25) is 0 Å². The van der Waals surface area contributed by atoms with Crippen LogP contribution in [0.3, 0.4) is 0 Å². The normalized spacial score (nSPS) is 14.2. The van der Waals surface area contributed by atoms with Gasteiger partial charge in [0.2, 0.25) is 0 Å². The van der Waals surface area contributed by atoms with Crippen molar-refractivity contribution in [2.45, 2.75) is 116 Å². The molecule has 0 heterocycles. The van der Waals surface area contributed by atoms with Crippen LogP contribution in [0.15, 0.2) is 0 Å². The highest BCUT2D eigenvalue weighted by Crippen LogP contribution is 2.38. The van der Waals surface area contributed by atoms with Crippen molar-refractivity contribution < 1.29 is 42.1 Å². The van der Waals surface area contributed by atoms with E-state index >= 15 is 0 Å². The van der Waals surface area contributed by atoms with E-state index in [0.29, 0.717) is 23.9 Å². The minimum Gasteiger partial charge on any atom is -0.756 e. The van der Waals surface area contributed by atoms with E-state index in [4.69, 9.17) is 18.5 Å². The third-order valence-electron chi connectivity index (χ3n) is 5.88. The summed E-state index contributed by atoms with van der Waals surface area (Å²) in [7, 11) is 1.16. The molecule has 0 N–H and O–H groups in total. The molecule has 0 spiro atoms. The van der Waals surface area contributed by atoms with Crippen molar-refractivity contribution in [2.24, 2.45) is 0 Å². The monoisotopic (exact) mass is 551 g/mol. The Bertz CT molecular complexity index is 638. The third-order valence-corrected chi connectivity index (χ3v) is 6.84. The molecule has 0 saturated heterocycles. The molecule has 10 heteroatoms. The quantitative estimate of drug-likeness (QED) is 0.0629. The fourth-order valence-corrected chi connectivity index (χ4v) is 4.26. The van der Waals surface area contributed by atoms with Crippen LogP contribution in [0, 0.1) is 0 Å². The molecule has 37 heavy (non-hydrogen) atoms. The number of hydrogen-bond donors (Lipinski definition) is 0. The van der Waals surface area contributed by atoms with Crippen molar-refractivity contribution in [3.05, 3.63) is 0 Å². The lowest BCUT2D eigenvalue weighted by atomic mass is 10.1. The Morgan fingerprint density at radius 1 is 0.730 bits per heavy atom. The van der Waals surface area contributed by atoms with Gasteiger partial charge in [-0.15, -0.1) is 0 Å². The molecule has 2 atom stereocenters. The summed E-state index contributed by atoms with van der Waals surface area (Å²) in [5.41, 5.74) is 0. The SMILES string of the molecule is CCCCCCCCCCCCC(=O)OC(COC(=O)CCCCC)COP(=O)([O-])OCC[N+](C)(C)C. The molecular weight excluding hydrogens is 497 g/mol. The van der Waals surface area contributed by atoms with Crippen LogP contribution in [0.1, 0.15) is 110 Å². The average molecular weight is 552 g/mol. The highest BCUT2D eigenvalue weighted by atomic mass is 31.2. The number of carbonyl (C=O) groups is 2. The smallest absolute Gasteiger partial charge is 0.306 e. The molecule has 0 fully saturated rings. The summed E-state index contributed by atoms with van der Waals surface area (Å²) in [6.45, 7) is 3.98. The van der Waals surface area contributed by atoms with E-state index in [1.807, 2.05) is 28.1 Å². The van der Waals surface area contributed by atoms with Gasteiger partial charge >= 0.3 is 11.9 Å². The summed E-state index contributed by atoms with van der Waals surface area (Å²) in [6.07, 6.45) is 13.6. The maximum Gasteiger partial charge on any atom is 0.306 e. The minimum absolute atomic E-state index is 0.0279. The number of phosphoric acid groups is 1. The Kier molecular flexibility index (Phi) is 21.3. The molecule has 220 valence electrons. The molecule has 0 aromatic heterocycles. The predicted octanol–water partition coefficient (Wildman–Crippen LogP) is 5.54. The van der Waals surface area contributed by atoms with Crippen molar-refractivity contribution >= 4 is 19.8 Å². The van der Waals surface area contributed by atoms with Crippen LogP contribution in [0.5, 0.6) is 0 Å². The molecule has 0 saturated carbocycles. The lowest BCUT2D eigenvalue weighted by Crippen LogP contribution is -2.37. The van der Waals surface area contributed by atoms with Gasteiger partial charge < -0.3 is 27.9 Å². The van der Waals surface area contributed by atoms with Crippen LogP contribution in [0.25, 0.3) is 0 Å². The van der Waals surface area contributed by atoms with E-state index in [1.165, 1.54) is 44.9 Å². The topological polar surface area (TPSA) is 111 Å². The first-order valence-corrected chi connectivity index (χ1v) is 15.7. The molecule has 0 amide bonds. The van der Waals surface area contributed by atoms with Crippen LogP contribution >= 0.6 is 7.82 Å². The van der Waals surface area contributed by atoms with Gasteiger partial charge in [-0.05, 0) is 12.8 Å². The fraction of sp³-hybridized carbons (Fsp3) is 0.926. The largest absolute Gasteiger partial charge is 0.756 e. The van der Waals surface area contributed by atoms with Gasteiger partial charge in [-0.2, -0.15) is 0 Å². The zero-order valence-electron chi connectivity index (χ0n) is 24.2. The number of esters is 2. The van der Waals surface area contributed by atoms with Crippen molar-refractivity contribution in [2.75, 3.05) is 47.5 Å². The van der Waals surface area contributed by atoms with Gasteiger partial charge in [-0.3, -0.25) is 14.2 Å². The molecule has 0 aromatic carbocycles. The molecule has 2 unspecified atom stereocenters. The van der Waals surface area contributed by atoms with Crippen LogP contribution in [-0.2, 0) is 32.7 Å². The number of hydrogen-bond acceptors (Lipinski definition) is 8. The molecule has 0 aromatic rings. The Labute approximate surface area is 225 Å². The van der Waals surface area contributed by atoms with Crippen molar-refractivity contribution in [1.82, 2.24) is 0 Å². The van der Waals surface area contributed by atoms with E-state index in [0.717, 1.165) is 25.7 Å². The zero-order chi connectivity index (χ0) is 28.0. The lowest BCUT2D eigenvalue weighted by Gasteiger charge is -2.28. The van der Waals surface area contributed by atoms with Gasteiger partial charge in [0.05, 0.1) is 27.7 Å². The second-order valence-electron chi connectivity index (χ2n) is 10.8. The van der Waals surface area contributed by atoms with Crippen molar-refractivity contribution in [3.63, 3.8) is 0 Å². The van der Waals surface area contributed by atoms with Gasteiger partial charge in [-0.1, -0.05) is 84.5 Å². The Morgan fingerprint density at radius 3 is 1.78 bits per heavy atom. The number of ether oxygens (including phenoxy) is 2. The number of likely N-dealkylation sites (N-methyl/N-ethyl adjacent to an activating group) is 1. The number of unbranched alkanes of at least 4 members (excludes halogenated alkanes) is 11. The molecule has 0 aliphatic carbocycles. The number of quaternary nitrogens is 1. The zero-order valence-corrected chi connectivity index (χ0v) is 25.1. The maximum atomic E-state index is 12.4. The lowest BCUT2D eigenvalue weighted by molar-refractivity contribution is -0.870. The maximum absolute atomic E-state index is 12.4. The Hall–Kier alpha value is -0.990. The molecule has 0 aliphatic rings. The number of carbonyl (C=O) groups excluding carboxylic acids is 2. The predicted molar refractivity (Wildman–Crippen MR) is 144 cm³/mol. The summed E-state index contributed by atoms with van der Waals surface area (Å²) in [6, 6.07) is 0. The molecule has 0 bridgehead atoms. The van der Waals surface area contributed by atoms with Crippen LogP contribution < -0.4 is 4.89 Å². The summed E-state index contributed by atoms with van der Waals surface area (Å²) in [5, 5.41) is 0. The van der Waals surface area contributed by atoms with Crippen molar-refractivity contribution in [3.8, 4) is 0 Å². The second-order valence-corrected chi connectivity index (χ2v) is 12.2. The van der Waals surface area contributed by atoms with E-state index < -0.39 is 32.5 Å². The van der Waals surface area contributed by atoms with Crippen molar-refractivity contribution in [1.29, 1.82) is 0 Å². The summed E-state index contributed by atoms with van der Waals surface area (Å²) in [5.74, 6) is -0.865. The van der Waals surface area contributed by atoms with E-state index in [1.54, 1.807) is 0 Å². The first-order valence-electron chi connectivity index (χ1n) is 14.2. The average Bonchev–Trinajstić information content (AvgIpc) is 2.81. The van der Waals surface area contributed by atoms with E-state index in [2.05, 4.69) is 6.92 Å². The number of rotatable bonds is 25. The third kappa shape index (κ3) is 25.1. The Balaban J connectivity index is 4.47. The summed E-state index contributed by atoms with van der Waals surface area (Å²) >= 11 is 0. The standard InChI is InChI=1S/C27H54NO8P/c1-6-8-10-11-12-13-14-15-16-18-20-27(30)36-25(23-33-26(29)19-17-9-7-2)24-35-37(31,32)34-22-21-28(3,4)5/h25H,6-24H2,1-5H3. The van der Waals surface area contributed by atoms with Crippen LogP contribution in [-0.4, -0.2) is 70.0 Å². The fourth-order valence-electron chi connectivity index (χ4n) is 3.53.